The van der Waals surface area contributed by atoms with Crippen LogP contribution < -0.4 is 0 Å². The number of nitriles is 1. The van der Waals surface area contributed by atoms with Crippen LogP contribution in [0.25, 0.3) is 0 Å². The lowest BCUT2D eigenvalue weighted by Crippen LogP contribution is -2.44. The lowest BCUT2D eigenvalue weighted by atomic mass is 10.3. The van der Waals surface area contributed by atoms with Gasteiger partial charge < -0.3 is 4.90 Å². The molecule has 1 amide bonds. The fraction of sp³-hybridized carbons (Fsp3) is 0.833. The van der Waals surface area contributed by atoms with Gasteiger partial charge in [0.2, 0.25) is 5.91 Å². The van der Waals surface area contributed by atoms with Crippen LogP contribution in [0.5, 0.6) is 0 Å². The summed E-state index contributed by atoms with van der Waals surface area (Å²) in [5.41, 5.74) is 0. The van der Waals surface area contributed by atoms with Crippen molar-refractivity contribution in [2.45, 2.75) is 45.7 Å². The van der Waals surface area contributed by atoms with E-state index >= 15 is 0 Å². The van der Waals surface area contributed by atoms with Gasteiger partial charge in [-0.2, -0.15) is 5.26 Å². The molecular weight excluding hydrogens is 202 g/mol. The maximum absolute atomic E-state index is 12.0. The summed E-state index contributed by atoms with van der Waals surface area (Å²) in [7, 11) is 0. The van der Waals surface area contributed by atoms with E-state index in [4.69, 9.17) is 5.26 Å². The lowest BCUT2D eigenvalue weighted by Gasteiger charge is -2.27. The molecule has 1 aliphatic carbocycles. The first-order valence-corrected chi connectivity index (χ1v) is 6.00. The molecule has 0 N–H and O–H groups in total. The van der Waals surface area contributed by atoms with Crippen LogP contribution in [0.4, 0.5) is 0 Å². The summed E-state index contributed by atoms with van der Waals surface area (Å²) >= 11 is 0. The Labute approximate surface area is 97.8 Å². The highest BCUT2D eigenvalue weighted by atomic mass is 16.2. The molecule has 16 heavy (non-hydrogen) atoms. The average Bonchev–Trinajstić information content (AvgIpc) is 3.02. The Bertz CT molecular complexity index is 278. The Morgan fingerprint density at radius 2 is 2.12 bits per heavy atom. The number of rotatable bonds is 6. The number of nitrogens with zero attached hydrogens (tertiary/aromatic N) is 3. The van der Waals surface area contributed by atoms with E-state index in [0.717, 1.165) is 19.4 Å². The van der Waals surface area contributed by atoms with Crippen LogP contribution in [0, 0.1) is 11.3 Å². The SMILES string of the molecule is CCN(C(=O)CN(CC#N)C(C)C)C1CC1. The van der Waals surface area contributed by atoms with E-state index in [-0.39, 0.29) is 11.9 Å². The molecule has 1 rings (SSSR count). The number of carbonyl (C=O) groups is 1. The Kier molecular flexibility index (Phi) is 4.75. The lowest BCUT2D eigenvalue weighted by molar-refractivity contribution is -0.133. The minimum Gasteiger partial charge on any atom is -0.339 e. The largest absolute Gasteiger partial charge is 0.339 e. The topological polar surface area (TPSA) is 47.3 Å². The van der Waals surface area contributed by atoms with E-state index in [1.165, 1.54) is 0 Å². The molecule has 1 aliphatic rings. The molecule has 0 heterocycles. The Morgan fingerprint density at radius 1 is 1.50 bits per heavy atom. The summed E-state index contributed by atoms with van der Waals surface area (Å²) in [5.74, 6) is 0.161. The van der Waals surface area contributed by atoms with Gasteiger partial charge >= 0.3 is 0 Å². The third-order valence-corrected chi connectivity index (χ3v) is 2.99. The summed E-state index contributed by atoms with van der Waals surface area (Å²) in [6.07, 6.45) is 2.28. The molecule has 90 valence electrons. The summed E-state index contributed by atoms with van der Waals surface area (Å²) < 4.78 is 0. The predicted octanol–water partition coefficient (Wildman–Crippen LogP) is 1.23. The van der Waals surface area contributed by atoms with Gasteiger partial charge in [-0.05, 0) is 33.6 Å². The minimum absolute atomic E-state index is 0.161. The highest BCUT2D eigenvalue weighted by Crippen LogP contribution is 2.26. The highest BCUT2D eigenvalue weighted by Gasteiger charge is 2.32. The molecule has 0 aromatic rings. The van der Waals surface area contributed by atoms with E-state index in [2.05, 4.69) is 6.07 Å². The molecule has 0 aromatic carbocycles. The van der Waals surface area contributed by atoms with E-state index < -0.39 is 0 Å². The molecule has 0 aromatic heterocycles. The molecule has 0 atom stereocenters. The van der Waals surface area contributed by atoms with Gasteiger partial charge in [0.25, 0.3) is 0 Å². The first-order chi connectivity index (χ1) is 7.60. The molecule has 1 saturated carbocycles. The van der Waals surface area contributed by atoms with Crippen molar-refractivity contribution >= 4 is 5.91 Å². The first kappa shape index (κ1) is 13.0. The smallest absolute Gasteiger partial charge is 0.237 e. The summed E-state index contributed by atoms with van der Waals surface area (Å²) in [6.45, 7) is 7.51. The number of likely N-dealkylation sites (N-methyl/N-ethyl adjacent to an activating group) is 1. The summed E-state index contributed by atoms with van der Waals surface area (Å²) in [4.78, 5) is 15.9. The molecule has 1 fully saturated rings. The molecule has 0 radical (unpaired) electrons. The number of hydrogen-bond donors (Lipinski definition) is 0. The van der Waals surface area contributed by atoms with Crippen molar-refractivity contribution in [1.29, 1.82) is 5.26 Å². The minimum atomic E-state index is 0.161. The number of carbonyl (C=O) groups excluding carboxylic acids is 1. The standard InChI is InChI=1S/C12H21N3O/c1-4-15(11-5-6-11)12(16)9-14(8-7-13)10(2)3/h10-11H,4-6,8-9H2,1-3H3. The van der Waals surface area contributed by atoms with Crippen molar-refractivity contribution < 1.29 is 4.79 Å². The van der Waals surface area contributed by atoms with Crippen molar-refractivity contribution in [2.75, 3.05) is 19.6 Å². The zero-order valence-electron chi connectivity index (χ0n) is 10.4. The highest BCUT2D eigenvalue weighted by molar-refractivity contribution is 5.79. The molecule has 0 bridgehead atoms. The zero-order valence-corrected chi connectivity index (χ0v) is 10.4. The van der Waals surface area contributed by atoms with Gasteiger partial charge in [-0.3, -0.25) is 9.69 Å². The van der Waals surface area contributed by atoms with Crippen LogP contribution in [0.1, 0.15) is 33.6 Å². The third kappa shape index (κ3) is 3.49. The van der Waals surface area contributed by atoms with Crippen LogP contribution in [0.3, 0.4) is 0 Å². The molecule has 0 aliphatic heterocycles. The monoisotopic (exact) mass is 223 g/mol. The zero-order chi connectivity index (χ0) is 12.1. The quantitative estimate of drug-likeness (QED) is 0.636. The Morgan fingerprint density at radius 3 is 2.50 bits per heavy atom. The van der Waals surface area contributed by atoms with Gasteiger partial charge in [-0.1, -0.05) is 0 Å². The second-order valence-electron chi connectivity index (χ2n) is 4.57. The summed E-state index contributed by atoms with van der Waals surface area (Å²) in [5, 5.41) is 8.70. The average molecular weight is 223 g/mol. The molecule has 0 spiro atoms. The number of hydrogen-bond acceptors (Lipinski definition) is 3. The molecule has 4 heteroatoms. The van der Waals surface area contributed by atoms with Crippen molar-refractivity contribution in [2.24, 2.45) is 0 Å². The molecule has 0 saturated heterocycles. The van der Waals surface area contributed by atoms with Crippen molar-refractivity contribution in [3.63, 3.8) is 0 Å². The van der Waals surface area contributed by atoms with E-state index in [1.807, 2.05) is 30.6 Å². The Balaban J connectivity index is 2.49. The van der Waals surface area contributed by atoms with Crippen molar-refractivity contribution in [3.8, 4) is 6.07 Å². The molecule has 0 unspecified atom stereocenters. The van der Waals surface area contributed by atoms with Gasteiger partial charge in [0.15, 0.2) is 0 Å². The molecule has 4 nitrogen and oxygen atoms in total. The van der Waals surface area contributed by atoms with E-state index in [9.17, 15) is 4.79 Å². The second-order valence-corrected chi connectivity index (χ2v) is 4.57. The van der Waals surface area contributed by atoms with Gasteiger partial charge in [-0.15, -0.1) is 0 Å². The van der Waals surface area contributed by atoms with Crippen LogP contribution in [0.2, 0.25) is 0 Å². The van der Waals surface area contributed by atoms with Gasteiger partial charge in [-0.25, -0.2) is 0 Å². The Hall–Kier alpha value is -1.08. The van der Waals surface area contributed by atoms with E-state index in [0.29, 0.717) is 19.1 Å². The van der Waals surface area contributed by atoms with Crippen molar-refractivity contribution in [1.82, 2.24) is 9.80 Å². The summed E-state index contributed by atoms with van der Waals surface area (Å²) in [6, 6.07) is 2.82. The van der Waals surface area contributed by atoms with Gasteiger partial charge in [0, 0.05) is 18.6 Å². The number of amides is 1. The van der Waals surface area contributed by atoms with Gasteiger partial charge in [0.1, 0.15) is 0 Å². The van der Waals surface area contributed by atoms with Crippen LogP contribution in [-0.4, -0.2) is 47.4 Å². The molecular formula is C12H21N3O. The predicted molar refractivity (Wildman–Crippen MR) is 62.7 cm³/mol. The van der Waals surface area contributed by atoms with Crippen molar-refractivity contribution in [3.05, 3.63) is 0 Å². The van der Waals surface area contributed by atoms with Crippen LogP contribution >= 0.6 is 0 Å². The second kappa shape index (κ2) is 5.86. The van der Waals surface area contributed by atoms with Crippen LogP contribution in [-0.2, 0) is 4.79 Å². The maximum Gasteiger partial charge on any atom is 0.237 e. The third-order valence-electron chi connectivity index (χ3n) is 2.99. The van der Waals surface area contributed by atoms with Crippen LogP contribution in [0.15, 0.2) is 0 Å². The fourth-order valence-electron chi connectivity index (χ4n) is 1.80. The maximum atomic E-state index is 12.0. The van der Waals surface area contributed by atoms with Gasteiger partial charge in [0.05, 0.1) is 19.2 Å². The fourth-order valence-corrected chi connectivity index (χ4v) is 1.80. The van der Waals surface area contributed by atoms with E-state index in [1.54, 1.807) is 0 Å². The normalized spacial score (nSPS) is 15.2. The first-order valence-electron chi connectivity index (χ1n) is 6.00.